The van der Waals surface area contributed by atoms with Crippen LogP contribution in [0.25, 0.3) is 0 Å². The summed E-state index contributed by atoms with van der Waals surface area (Å²) in [6.07, 6.45) is 1.66. The molecule has 1 aromatic carbocycles. The number of rotatable bonds is 6. The Morgan fingerprint density at radius 1 is 0.957 bits per heavy atom. The Balaban J connectivity index is 1.65. The van der Waals surface area contributed by atoms with Gasteiger partial charge in [0.05, 0.1) is 12.8 Å². The Morgan fingerprint density at radius 2 is 1.87 bits per heavy atom. The van der Waals surface area contributed by atoms with Crippen molar-refractivity contribution in [1.82, 2.24) is 9.97 Å². The van der Waals surface area contributed by atoms with Crippen LogP contribution in [-0.2, 0) is 13.1 Å². The molecular weight excluding hydrogens is 288 g/mol. The van der Waals surface area contributed by atoms with Gasteiger partial charge < -0.3 is 15.1 Å². The van der Waals surface area contributed by atoms with Crippen molar-refractivity contribution >= 4 is 11.8 Å². The Bertz CT molecular complexity index is 768. The number of hydrogen-bond donors (Lipinski definition) is 2. The van der Waals surface area contributed by atoms with E-state index < -0.39 is 0 Å². The predicted octanol–water partition coefficient (Wildman–Crippen LogP) is 3.91. The number of aryl methyl sites for hydroxylation is 2. The lowest BCUT2D eigenvalue weighted by Crippen LogP contribution is -2.07. The molecular formula is C18H20N4O. The van der Waals surface area contributed by atoms with Crippen molar-refractivity contribution in [2.45, 2.75) is 26.9 Å². The molecule has 0 atom stereocenters. The van der Waals surface area contributed by atoms with Gasteiger partial charge in [0.2, 0.25) is 5.95 Å². The van der Waals surface area contributed by atoms with Gasteiger partial charge in [0, 0.05) is 18.3 Å². The zero-order valence-electron chi connectivity index (χ0n) is 13.3. The number of nitrogens with zero attached hydrogens (tertiary/aromatic N) is 2. The highest BCUT2D eigenvalue weighted by molar-refractivity contribution is 5.43. The minimum Gasteiger partial charge on any atom is -0.467 e. The molecule has 2 aromatic heterocycles. The topological polar surface area (TPSA) is 63.0 Å². The molecule has 0 amide bonds. The first-order valence-electron chi connectivity index (χ1n) is 7.60. The zero-order chi connectivity index (χ0) is 16.1. The maximum atomic E-state index is 5.30. The molecule has 0 saturated carbocycles. The zero-order valence-corrected chi connectivity index (χ0v) is 13.3. The maximum Gasteiger partial charge on any atom is 0.225 e. The Labute approximate surface area is 135 Å². The summed E-state index contributed by atoms with van der Waals surface area (Å²) in [6, 6.07) is 14.1. The molecule has 3 aromatic rings. The summed E-state index contributed by atoms with van der Waals surface area (Å²) < 4.78 is 5.30. The second-order valence-corrected chi connectivity index (χ2v) is 5.49. The summed E-state index contributed by atoms with van der Waals surface area (Å²) in [5, 5.41) is 6.53. The number of hydrogen-bond acceptors (Lipinski definition) is 5. The normalized spacial score (nSPS) is 10.5. The number of aromatic nitrogens is 2. The van der Waals surface area contributed by atoms with Gasteiger partial charge in [-0.05, 0) is 31.5 Å². The number of anilines is 2. The molecule has 2 heterocycles. The third-order valence-corrected chi connectivity index (χ3v) is 3.41. The molecule has 2 N–H and O–H groups in total. The van der Waals surface area contributed by atoms with Gasteiger partial charge in [-0.15, -0.1) is 0 Å². The lowest BCUT2D eigenvalue weighted by Gasteiger charge is -2.10. The van der Waals surface area contributed by atoms with Crippen LogP contribution in [0.4, 0.5) is 11.8 Å². The van der Waals surface area contributed by atoms with Crippen molar-refractivity contribution in [1.29, 1.82) is 0 Å². The van der Waals surface area contributed by atoms with Crippen LogP contribution in [0.5, 0.6) is 0 Å². The Hall–Kier alpha value is -2.82. The quantitative estimate of drug-likeness (QED) is 0.723. The average molecular weight is 308 g/mol. The van der Waals surface area contributed by atoms with E-state index in [1.165, 1.54) is 11.1 Å². The third-order valence-electron chi connectivity index (χ3n) is 3.41. The summed E-state index contributed by atoms with van der Waals surface area (Å²) in [5.74, 6) is 2.25. The van der Waals surface area contributed by atoms with Gasteiger partial charge in [-0.2, -0.15) is 4.98 Å². The van der Waals surface area contributed by atoms with E-state index in [2.05, 4.69) is 51.8 Å². The lowest BCUT2D eigenvalue weighted by molar-refractivity contribution is 0.517. The summed E-state index contributed by atoms with van der Waals surface area (Å²) in [7, 11) is 0. The van der Waals surface area contributed by atoms with Crippen LogP contribution in [0.3, 0.4) is 0 Å². The summed E-state index contributed by atoms with van der Waals surface area (Å²) in [6.45, 7) is 5.34. The highest BCUT2D eigenvalue weighted by atomic mass is 16.3. The molecule has 0 aliphatic carbocycles. The summed E-state index contributed by atoms with van der Waals surface area (Å²) in [5.41, 5.74) is 3.39. The minimum absolute atomic E-state index is 0.563. The van der Waals surface area contributed by atoms with E-state index >= 15 is 0 Å². The van der Waals surface area contributed by atoms with E-state index in [-0.39, 0.29) is 0 Å². The highest BCUT2D eigenvalue weighted by Crippen LogP contribution is 2.13. The van der Waals surface area contributed by atoms with E-state index in [0.717, 1.165) is 23.8 Å². The third kappa shape index (κ3) is 4.32. The number of furan rings is 1. The second-order valence-electron chi connectivity index (χ2n) is 5.49. The standard InChI is InChI=1S/C18H20N4O/c1-13-5-3-6-15(9-13)11-19-17-10-14(2)21-18(22-17)20-12-16-7-4-8-23-16/h3-10H,11-12H2,1-2H3,(H2,19,20,21,22). The Morgan fingerprint density at radius 3 is 2.65 bits per heavy atom. The highest BCUT2D eigenvalue weighted by Gasteiger charge is 2.03. The fourth-order valence-electron chi connectivity index (χ4n) is 2.33. The number of nitrogens with one attached hydrogen (secondary N) is 2. The summed E-state index contributed by atoms with van der Waals surface area (Å²) in [4.78, 5) is 8.89. The van der Waals surface area contributed by atoms with Crippen molar-refractivity contribution in [3.8, 4) is 0 Å². The van der Waals surface area contributed by atoms with E-state index in [1.807, 2.05) is 25.1 Å². The van der Waals surface area contributed by atoms with E-state index in [4.69, 9.17) is 4.42 Å². The van der Waals surface area contributed by atoms with Crippen LogP contribution in [0.1, 0.15) is 22.6 Å². The molecule has 0 radical (unpaired) electrons. The number of benzene rings is 1. The van der Waals surface area contributed by atoms with Crippen molar-refractivity contribution in [3.63, 3.8) is 0 Å². The summed E-state index contributed by atoms with van der Waals surface area (Å²) >= 11 is 0. The van der Waals surface area contributed by atoms with Gasteiger partial charge in [0.15, 0.2) is 0 Å². The van der Waals surface area contributed by atoms with Crippen LogP contribution < -0.4 is 10.6 Å². The van der Waals surface area contributed by atoms with E-state index in [9.17, 15) is 0 Å². The van der Waals surface area contributed by atoms with Crippen molar-refractivity contribution < 1.29 is 4.42 Å². The second kappa shape index (κ2) is 6.96. The monoisotopic (exact) mass is 308 g/mol. The van der Waals surface area contributed by atoms with E-state index in [0.29, 0.717) is 12.5 Å². The van der Waals surface area contributed by atoms with Gasteiger partial charge in [-0.3, -0.25) is 0 Å². The molecule has 23 heavy (non-hydrogen) atoms. The minimum atomic E-state index is 0.563. The molecule has 0 bridgehead atoms. The fraction of sp³-hybridized carbons (Fsp3) is 0.222. The molecule has 0 spiro atoms. The first kappa shape index (κ1) is 15.1. The first-order valence-corrected chi connectivity index (χ1v) is 7.60. The van der Waals surface area contributed by atoms with Crippen molar-refractivity contribution in [3.05, 3.63) is 71.3 Å². The SMILES string of the molecule is Cc1cccc(CNc2cc(C)nc(NCc3ccco3)n2)c1. The molecule has 118 valence electrons. The smallest absolute Gasteiger partial charge is 0.225 e. The van der Waals surface area contributed by atoms with Gasteiger partial charge in [-0.25, -0.2) is 4.98 Å². The fourth-order valence-corrected chi connectivity index (χ4v) is 2.33. The van der Waals surface area contributed by atoms with Crippen LogP contribution in [0, 0.1) is 13.8 Å². The van der Waals surface area contributed by atoms with Crippen LogP contribution >= 0.6 is 0 Å². The molecule has 0 aliphatic rings. The van der Waals surface area contributed by atoms with Gasteiger partial charge >= 0.3 is 0 Å². The average Bonchev–Trinajstić information content (AvgIpc) is 3.04. The maximum absolute atomic E-state index is 5.30. The van der Waals surface area contributed by atoms with Gasteiger partial charge in [0.1, 0.15) is 11.6 Å². The molecule has 0 aliphatic heterocycles. The molecule has 0 unspecified atom stereocenters. The van der Waals surface area contributed by atoms with Crippen LogP contribution in [0.2, 0.25) is 0 Å². The van der Waals surface area contributed by atoms with Crippen LogP contribution in [0.15, 0.2) is 53.1 Å². The lowest BCUT2D eigenvalue weighted by atomic mass is 10.1. The largest absolute Gasteiger partial charge is 0.467 e. The predicted molar refractivity (Wildman–Crippen MR) is 91.3 cm³/mol. The molecule has 0 fully saturated rings. The van der Waals surface area contributed by atoms with Crippen LogP contribution in [-0.4, -0.2) is 9.97 Å². The van der Waals surface area contributed by atoms with Crippen molar-refractivity contribution in [2.24, 2.45) is 0 Å². The molecule has 3 rings (SSSR count). The van der Waals surface area contributed by atoms with E-state index in [1.54, 1.807) is 6.26 Å². The molecule has 0 saturated heterocycles. The molecule has 5 heteroatoms. The first-order chi connectivity index (χ1) is 11.2. The van der Waals surface area contributed by atoms with Crippen molar-refractivity contribution in [2.75, 3.05) is 10.6 Å². The molecule has 5 nitrogen and oxygen atoms in total. The van der Waals surface area contributed by atoms with Gasteiger partial charge in [0.25, 0.3) is 0 Å². The Kier molecular flexibility index (Phi) is 4.57. The van der Waals surface area contributed by atoms with Gasteiger partial charge in [-0.1, -0.05) is 29.8 Å².